The number of ether oxygens (including phenoxy) is 1. The van der Waals surface area contributed by atoms with Gasteiger partial charge in [-0.05, 0) is 0 Å². The van der Waals surface area contributed by atoms with Crippen molar-refractivity contribution in [2.45, 2.75) is 18.9 Å². The Hall–Kier alpha value is -1.95. The molecule has 0 radical (unpaired) electrons. The molecule has 0 amide bonds. The zero-order valence-corrected chi connectivity index (χ0v) is 16.4. The van der Waals surface area contributed by atoms with E-state index in [1.807, 2.05) is 60.7 Å². The fourth-order valence-corrected chi connectivity index (χ4v) is 6.27. The molecule has 0 saturated carbocycles. The van der Waals surface area contributed by atoms with Gasteiger partial charge in [-0.3, -0.25) is 0 Å². The van der Waals surface area contributed by atoms with Crippen LogP contribution in [0.3, 0.4) is 0 Å². The average molecular weight is 402 g/mol. The minimum atomic E-state index is -4.23. The quantitative estimate of drug-likeness (QED) is 0.661. The molecule has 1 unspecified atom stereocenters. The van der Waals surface area contributed by atoms with Crippen LogP contribution >= 0.6 is 7.74 Å². The molecule has 5 rings (SSSR count). The van der Waals surface area contributed by atoms with Gasteiger partial charge in [0.15, 0.2) is 0 Å². The van der Waals surface area contributed by atoms with Crippen LogP contribution in [0.15, 0.2) is 60.7 Å². The Bertz CT molecular complexity index is 801. The summed E-state index contributed by atoms with van der Waals surface area (Å²) in [5.74, 6) is 1.14. The van der Waals surface area contributed by atoms with Crippen molar-refractivity contribution in [1.29, 1.82) is 0 Å². The molecule has 1 spiro atoms. The van der Waals surface area contributed by atoms with Crippen LogP contribution in [0.4, 0.5) is 0 Å². The summed E-state index contributed by atoms with van der Waals surface area (Å²) in [5, 5.41) is 0. The topological polar surface area (TPSA) is 55.4 Å². The van der Waals surface area contributed by atoms with Gasteiger partial charge in [-0.15, -0.1) is 0 Å². The second-order valence-electron chi connectivity index (χ2n) is 6.92. The summed E-state index contributed by atoms with van der Waals surface area (Å²) in [6, 6.07) is 19.6. The third kappa shape index (κ3) is 3.21. The molecule has 6 nitrogen and oxygen atoms in total. The predicted octanol–water partition coefficient (Wildman–Crippen LogP) is 4.93. The Morgan fingerprint density at radius 2 is 1.36 bits per heavy atom. The van der Waals surface area contributed by atoms with Crippen LogP contribution in [0.25, 0.3) is 11.5 Å². The van der Waals surface area contributed by atoms with Crippen molar-refractivity contribution in [3.8, 4) is 0 Å². The van der Waals surface area contributed by atoms with Crippen molar-refractivity contribution in [1.82, 2.24) is 0 Å². The standard InChI is InChI=1S/C21H23O6P/c1-3-8-17(9-4-1)20-21(18-10-5-2-6-11-18)27-28(26-20,23-14-15-24-28)25-16-19-12-7-13-22-19/h1-6,8-11,19H,7,12-16H2. The fraction of sp³-hybridized carbons (Fsp3) is 0.333. The number of rotatable bonds is 5. The Morgan fingerprint density at radius 3 is 1.86 bits per heavy atom. The van der Waals surface area contributed by atoms with Crippen molar-refractivity contribution in [3.05, 3.63) is 71.8 Å². The van der Waals surface area contributed by atoms with Gasteiger partial charge in [-0.25, -0.2) is 0 Å². The van der Waals surface area contributed by atoms with E-state index in [2.05, 4.69) is 0 Å². The minimum absolute atomic E-state index is 0.00236. The molecule has 1 atom stereocenters. The van der Waals surface area contributed by atoms with Gasteiger partial charge in [-0.1, -0.05) is 0 Å². The molecule has 2 fully saturated rings. The molecule has 2 aromatic carbocycles. The molecule has 2 aromatic rings. The van der Waals surface area contributed by atoms with Gasteiger partial charge in [0.05, 0.1) is 0 Å². The Labute approximate surface area is 164 Å². The molecule has 3 aliphatic rings. The molecule has 3 heterocycles. The predicted molar refractivity (Wildman–Crippen MR) is 106 cm³/mol. The zero-order chi connectivity index (χ0) is 18.9. The van der Waals surface area contributed by atoms with Crippen molar-refractivity contribution >= 4 is 19.3 Å². The summed E-state index contributed by atoms with van der Waals surface area (Å²) in [6.45, 7) is 1.76. The van der Waals surface area contributed by atoms with Crippen molar-refractivity contribution in [3.63, 3.8) is 0 Å². The Morgan fingerprint density at radius 1 is 0.786 bits per heavy atom. The summed E-state index contributed by atoms with van der Waals surface area (Å²) in [6.07, 6.45) is 1.96. The molecule has 0 bridgehead atoms. The van der Waals surface area contributed by atoms with Gasteiger partial charge >= 0.3 is 164 Å². The van der Waals surface area contributed by atoms with Crippen LogP contribution in [-0.2, 0) is 27.4 Å². The van der Waals surface area contributed by atoms with Gasteiger partial charge in [0, 0.05) is 0 Å². The molecule has 0 aromatic heterocycles. The first-order valence-corrected chi connectivity index (χ1v) is 11.4. The number of hydrogen-bond donors (Lipinski definition) is 0. The number of benzene rings is 2. The van der Waals surface area contributed by atoms with Crippen LogP contribution < -0.4 is 0 Å². The normalized spacial score (nSPS) is 26.6. The van der Waals surface area contributed by atoms with Crippen molar-refractivity contribution in [2.24, 2.45) is 0 Å². The van der Waals surface area contributed by atoms with Crippen LogP contribution in [0.2, 0.25) is 0 Å². The maximum atomic E-state index is 6.38. The van der Waals surface area contributed by atoms with Gasteiger partial charge in [0.25, 0.3) is 0 Å². The van der Waals surface area contributed by atoms with E-state index in [-0.39, 0.29) is 6.10 Å². The van der Waals surface area contributed by atoms with Gasteiger partial charge < -0.3 is 0 Å². The van der Waals surface area contributed by atoms with E-state index in [0.29, 0.717) is 31.3 Å². The molecule has 2 saturated heterocycles. The molecule has 7 heteroatoms. The van der Waals surface area contributed by atoms with Gasteiger partial charge in [0.2, 0.25) is 0 Å². The summed E-state index contributed by atoms with van der Waals surface area (Å²) in [5.41, 5.74) is 1.75. The first-order valence-electron chi connectivity index (χ1n) is 9.60. The molecular formula is C21H23O6P. The van der Waals surface area contributed by atoms with Crippen LogP contribution in [0, 0.1) is 0 Å². The second-order valence-corrected chi connectivity index (χ2v) is 9.55. The van der Waals surface area contributed by atoms with Crippen LogP contribution in [-0.4, -0.2) is 32.5 Å². The van der Waals surface area contributed by atoms with E-state index in [0.717, 1.165) is 30.6 Å². The molecule has 0 N–H and O–H groups in total. The van der Waals surface area contributed by atoms with Gasteiger partial charge in [-0.2, -0.15) is 0 Å². The first kappa shape index (κ1) is 18.1. The summed E-state index contributed by atoms with van der Waals surface area (Å²) in [7, 11) is -4.23. The molecule has 148 valence electrons. The molecule has 28 heavy (non-hydrogen) atoms. The van der Waals surface area contributed by atoms with E-state index in [1.54, 1.807) is 0 Å². The third-order valence-corrected chi connectivity index (χ3v) is 7.68. The van der Waals surface area contributed by atoms with Crippen molar-refractivity contribution in [2.75, 3.05) is 26.4 Å². The van der Waals surface area contributed by atoms with E-state index in [4.69, 9.17) is 27.4 Å². The monoisotopic (exact) mass is 402 g/mol. The first-order chi connectivity index (χ1) is 13.8. The summed E-state index contributed by atoms with van der Waals surface area (Å²) >= 11 is 0. The Kier molecular flexibility index (Phi) is 4.62. The van der Waals surface area contributed by atoms with E-state index >= 15 is 0 Å². The van der Waals surface area contributed by atoms with E-state index < -0.39 is 7.74 Å². The fourth-order valence-electron chi connectivity index (χ4n) is 3.57. The van der Waals surface area contributed by atoms with E-state index in [9.17, 15) is 0 Å². The maximum absolute atomic E-state index is 6.38. The molecule has 0 aliphatic carbocycles. The molecular weight excluding hydrogens is 379 g/mol. The second kappa shape index (κ2) is 7.14. The molecule has 3 aliphatic heterocycles. The Balaban J connectivity index is 1.53. The van der Waals surface area contributed by atoms with E-state index in [1.165, 1.54) is 0 Å². The number of hydrogen-bond acceptors (Lipinski definition) is 6. The van der Waals surface area contributed by atoms with Gasteiger partial charge in [0.1, 0.15) is 0 Å². The zero-order valence-electron chi connectivity index (χ0n) is 15.5. The summed E-state index contributed by atoms with van der Waals surface area (Å²) < 4.78 is 36.6. The van der Waals surface area contributed by atoms with Crippen LogP contribution in [0.5, 0.6) is 0 Å². The third-order valence-electron chi connectivity index (χ3n) is 4.94. The average Bonchev–Trinajstić information content (AvgIpc) is 3.49. The summed E-state index contributed by atoms with van der Waals surface area (Å²) in [4.78, 5) is 0. The SMILES string of the molecule is c1ccc(C2=C(c3ccccc3)OP3(OCC4CCCO4)(OCCO3)O2)cc1. The van der Waals surface area contributed by atoms with Crippen LogP contribution in [0.1, 0.15) is 24.0 Å². The van der Waals surface area contributed by atoms with Crippen molar-refractivity contribution < 1.29 is 27.4 Å².